The molecule has 0 bridgehead atoms. The summed E-state index contributed by atoms with van der Waals surface area (Å²) in [7, 11) is 1.55. The first-order chi connectivity index (χ1) is 12.0. The molecule has 1 N–H and O–H groups in total. The van der Waals surface area contributed by atoms with Crippen LogP contribution in [0.4, 0.5) is 5.69 Å². The summed E-state index contributed by atoms with van der Waals surface area (Å²) in [6.07, 6.45) is -1.77. The highest BCUT2D eigenvalue weighted by molar-refractivity contribution is 6.03. The lowest BCUT2D eigenvalue weighted by Crippen LogP contribution is -2.66. The number of esters is 1. The van der Waals surface area contributed by atoms with Crippen LogP contribution in [-0.4, -0.2) is 36.4 Å². The Morgan fingerprint density at radius 1 is 1.12 bits per heavy atom. The molecule has 1 saturated heterocycles. The molecule has 0 radical (unpaired) electrons. The normalized spacial score (nSPS) is 20.6. The Kier molecular flexibility index (Phi) is 4.72. The topological polar surface area (TPSA) is 76.1 Å². The second-order valence-electron chi connectivity index (χ2n) is 5.83. The smallest absolute Gasteiger partial charge is 0.340 e. The Morgan fingerprint density at radius 2 is 1.76 bits per heavy atom. The number of rotatable bonds is 5. The summed E-state index contributed by atoms with van der Waals surface area (Å²) in [6, 6.07) is 15.4. The maximum absolute atomic E-state index is 12.4. The Morgan fingerprint density at radius 3 is 2.32 bits per heavy atom. The molecule has 3 rings (SSSR count). The number of methoxy groups -OCH3 is 1. The molecule has 1 heterocycles. The molecule has 1 aliphatic rings. The van der Waals surface area contributed by atoms with Crippen LogP contribution in [0.3, 0.4) is 0 Å². The second kappa shape index (κ2) is 6.94. The van der Waals surface area contributed by atoms with Gasteiger partial charge >= 0.3 is 5.97 Å². The minimum atomic E-state index is -0.921. The summed E-state index contributed by atoms with van der Waals surface area (Å²) in [5, 5.41) is 9.88. The molecule has 130 valence electrons. The fraction of sp³-hybridized carbons (Fsp3) is 0.263. The molecule has 3 atom stereocenters. The van der Waals surface area contributed by atoms with Gasteiger partial charge in [-0.15, -0.1) is 0 Å². The van der Waals surface area contributed by atoms with Crippen molar-refractivity contribution >= 4 is 17.6 Å². The molecular weight excluding hydrogens is 322 g/mol. The molecule has 1 fully saturated rings. The number of aliphatic hydroxyl groups is 1. The number of anilines is 1. The molecule has 1 aliphatic heterocycles. The largest absolute Gasteiger partial charge is 0.497 e. The minimum Gasteiger partial charge on any atom is -0.497 e. The van der Waals surface area contributed by atoms with Crippen LogP contribution in [0.1, 0.15) is 17.3 Å². The molecule has 6 nitrogen and oxygen atoms in total. The monoisotopic (exact) mass is 341 g/mol. The summed E-state index contributed by atoms with van der Waals surface area (Å²) in [5.74, 6) is -0.954. The van der Waals surface area contributed by atoms with Gasteiger partial charge in [-0.3, -0.25) is 9.69 Å². The van der Waals surface area contributed by atoms with Gasteiger partial charge in [0.2, 0.25) is 5.91 Å². The van der Waals surface area contributed by atoms with Gasteiger partial charge in [-0.05, 0) is 43.3 Å². The number of carbonyl (C=O) groups excluding carboxylic acids is 2. The van der Waals surface area contributed by atoms with Crippen LogP contribution in [0.2, 0.25) is 0 Å². The summed E-state index contributed by atoms with van der Waals surface area (Å²) < 4.78 is 10.6. The van der Waals surface area contributed by atoms with Crippen molar-refractivity contribution < 1.29 is 24.2 Å². The van der Waals surface area contributed by atoms with Crippen molar-refractivity contribution in [3.8, 4) is 5.75 Å². The van der Waals surface area contributed by atoms with E-state index in [1.807, 2.05) is 0 Å². The average Bonchev–Trinajstić information content (AvgIpc) is 2.62. The number of hydrogen-bond donors (Lipinski definition) is 1. The fourth-order valence-electron chi connectivity index (χ4n) is 2.83. The van der Waals surface area contributed by atoms with Crippen LogP contribution in [-0.2, 0) is 9.53 Å². The average molecular weight is 341 g/mol. The quantitative estimate of drug-likeness (QED) is 0.667. The number of β-lactam (4-membered cyclic amide) rings is 1. The van der Waals surface area contributed by atoms with Crippen molar-refractivity contribution in [1.29, 1.82) is 0 Å². The first-order valence-electron chi connectivity index (χ1n) is 7.94. The molecule has 1 amide bonds. The molecule has 6 heteroatoms. The third-order valence-electron chi connectivity index (χ3n) is 4.19. The molecular formula is C19H19NO5. The van der Waals surface area contributed by atoms with Gasteiger partial charge in [-0.25, -0.2) is 4.79 Å². The van der Waals surface area contributed by atoms with E-state index in [0.717, 1.165) is 0 Å². The van der Waals surface area contributed by atoms with Crippen molar-refractivity contribution in [1.82, 2.24) is 0 Å². The molecule has 25 heavy (non-hydrogen) atoms. The lowest BCUT2D eigenvalue weighted by Gasteiger charge is -2.46. The summed E-state index contributed by atoms with van der Waals surface area (Å²) >= 11 is 0. The lowest BCUT2D eigenvalue weighted by molar-refractivity contribution is -0.146. The summed E-state index contributed by atoms with van der Waals surface area (Å²) in [5.41, 5.74) is 0.967. The second-order valence-corrected chi connectivity index (χ2v) is 5.83. The maximum atomic E-state index is 12.4. The number of aliphatic hydroxyl groups excluding tert-OH is 1. The summed E-state index contributed by atoms with van der Waals surface area (Å²) in [6.45, 7) is 1.51. The van der Waals surface area contributed by atoms with Gasteiger partial charge in [0, 0.05) is 5.69 Å². The fourth-order valence-corrected chi connectivity index (χ4v) is 2.83. The Bertz CT molecular complexity index is 757. The SMILES string of the molecule is COc1ccc(N2C(=O)C(C(C)O)C2OC(=O)c2ccccc2)cc1. The van der Waals surface area contributed by atoms with Gasteiger partial charge in [0.05, 0.1) is 18.8 Å². The van der Waals surface area contributed by atoms with Crippen LogP contribution in [0.15, 0.2) is 54.6 Å². The number of nitrogens with zero attached hydrogens (tertiary/aromatic N) is 1. The van der Waals surface area contributed by atoms with Crippen LogP contribution in [0, 0.1) is 5.92 Å². The number of benzene rings is 2. The van der Waals surface area contributed by atoms with Crippen molar-refractivity contribution in [2.45, 2.75) is 19.3 Å². The predicted octanol–water partition coefficient (Wildman–Crippen LogP) is 2.22. The standard InChI is InChI=1S/C19H19NO5/c1-12(21)16-17(22)20(14-8-10-15(24-2)11-9-14)18(16)25-19(23)13-6-4-3-5-7-13/h3-12,16,18,21H,1-2H3. The molecule has 0 aromatic heterocycles. The third kappa shape index (κ3) is 3.21. The van der Waals surface area contributed by atoms with Gasteiger partial charge in [-0.1, -0.05) is 18.2 Å². The highest BCUT2D eigenvalue weighted by atomic mass is 16.6. The maximum Gasteiger partial charge on any atom is 0.340 e. The van der Waals surface area contributed by atoms with Gasteiger partial charge in [0.15, 0.2) is 6.23 Å². The van der Waals surface area contributed by atoms with E-state index in [-0.39, 0.29) is 5.91 Å². The van der Waals surface area contributed by atoms with Crippen molar-refractivity contribution in [3.63, 3.8) is 0 Å². The van der Waals surface area contributed by atoms with Gasteiger partial charge in [0.1, 0.15) is 11.7 Å². The van der Waals surface area contributed by atoms with E-state index in [0.29, 0.717) is 17.0 Å². The van der Waals surface area contributed by atoms with Gasteiger partial charge < -0.3 is 14.6 Å². The summed E-state index contributed by atoms with van der Waals surface area (Å²) in [4.78, 5) is 26.1. The van der Waals surface area contributed by atoms with Gasteiger partial charge in [0.25, 0.3) is 0 Å². The van der Waals surface area contributed by atoms with Crippen LogP contribution in [0.5, 0.6) is 5.75 Å². The number of hydrogen-bond acceptors (Lipinski definition) is 5. The number of carbonyl (C=O) groups is 2. The first kappa shape index (κ1) is 17.0. The van der Waals surface area contributed by atoms with E-state index in [2.05, 4.69) is 0 Å². The van der Waals surface area contributed by atoms with Crippen molar-refractivity contribution in [2.24, 2.45) is 5.92 Å². The lowest BCUT2D eigenvalue weighted by atomic mass is 9.89. The van der Waals surface area contributed by atoms with Crippen molar-refractivity contribution in [2.75, 3.05) is 12.0 Å². The first-order valence-corrected chi connectivity index (χ1v) is 7.94. The van der Waals surface area contributed by atoms with Crippen LogP contribution < -0.4 is 9.64 Å². The Hall–Kier alpha value is -2.86. The van der Waals surface area contributed by atoms with E-state index < -0.39 is 24.2 Å². The zero-order valence-corrected chi connectivity index (χ0v) is 14.0. The van der Waals surface area contributed by atoms with E-state index in [9.17, 15) is 14.7 Å². The molecule has 0 spiro atoms. The molecule has 0 saturated carbocycles. The van der Waals surface area contributed by atoms with Crippen molar-refractivity contribution in [3.05, 3.63) is 60.2 Å². The van der Waals surface area contributed by atoms with E-state index in [1.54, 1.807) is 61.7 Å². The predicted molar refractivity (Wildman–Crippen MR) is 91.3 cm³/mol. The number of amides is 1. The molecule has 2 aromatic rings. The molecule has 0 aliphatic carbocycles. The highest BCUT2D eigenvalue weighted by Crippen LogP contribution is 2.36. The van der Waals surface area contributed by atoms with E-state index in [1.165, 1.54) is 11.8 Å². The number of ether oxygens (including phenoxy) is 2. The van der Waals surface area contributed by atoms with E-state index >= 15 is 0 Å². The van der Waals surface area contributed by atoms with Gasteiger partial charge in [-0.2, -0.15) is 0 Å². The molecule has 3 unspecified atom stereocenters. The third-order valence-corrected chi connectivity index (χ3v) is 4.19. The van der Waals surface area contributed by atoms with E-state index in [4.69, 9.17) is 9.47 Å². The minimum absolute atomic E-state index is 0.286. The Labute approximate surface area is 145 Å². The van der Waals surface area contributed by atoms with Crippen LogP contribution >= 0.6 is 0 Å². The Balaban J connectivity index is 1.83. The van der Waals surface area contributed by atoms with Crippen LogP contribution in [0.25, 0.3) is 0 Å². The zero-order valence-electron chi connectivity index (χ0n) is 14.0. The zero-order chi connectivity index (χ0) is 18.0. The molecule has 2 aromatic carbocycles. The highest BCUT2D eigenvalue weighted by Gasteiger charge is 2.53.